The summed E-state index contributed by atoms with van der Waals surface area (Å²) in [7, 11) is 0. The van der Waals surface area contributed by atoms with Crippen LogP contribution in [0.2, 0.25) is 0 Å². The third-order valence-electron chi connectivity index (χ3n) is 3.44. The Balaban J connectivity index is 3.61. The maximum absolute atomic E-state index is 11.3. The second kappa shape index (κ2) is 15.4. The van der Waals surface area contributed by atoms with Gasteiger partial charge >= 0.3 is 6.16 Å². The van der Waals surface area contributed by atoms with Crippen LogP contribution >= 0.6 is 0 Å². The van der Waals surface area contributed by atoms with Crippen LogP contribution in [0.1, 0.15) is 91.4 Å². The first kappa shape index (κ1) is 20.0. The molecule has 0 heterocycles. The Labute approximate surface area is 131 Å². The summed E-state index contributed by atoms with van der Waals surface area (Å²) in [6.07, 6.45) is 14.8. The average Bonchev–Trinajstić information content (AvgIpc) is 2.46. The lowest BCUT2D eigenvalue weighted by atomic mass is 10.1. The largest absolute Gasteiger partial charge is 0.513 e. The van der Waals surface area contributed by atoms with Gasteiger partial charge in [-0.2, -0.15) is 0 Å². The molecule has 124 valence electrons. The molecule has 0 aliphatic heterocycles. The van der Waals surface area contributed by atoms with Crippen LogP contribution in [0.4, 0.5) is 4.79 Å². The average molecular weight is 298 g/mol. The zero-order chi connectivity index (χ0) is 15.8. The van der Waals surface area contributed by atoms with Crippen LogP contribution in [0.25, 0.3) is 0 Å². The van der Waals surface area contributed by atoms with Crippen molar-refractivity contribution in [3.8, 4) is 0 Å². The molecule has 0 saturated heterocycles. The lowest BCUT2D eigenvalue weighted by Crippen LogP contribution is -2.07. The third-order valence-corrected chi connectivity index (χ3v) is 3.44. The van der Waals surface area contributed by atoms with Crippen LogP contribution in [0, 0.1) is 0 Å². The number of allylic oxidation sites excluding steroid dienone is 2. The van der Waals surface area contributed by atoms with Crippen molar-refractivity contribution in [1.29, 1.82) is 0 Å². The predicted octanol–water partition coefficient (Wildman–Crippen LogP) is 6.37. The number of hydrogen-bond acceptors (Lipinski definition) is 3. The minimum absolute atomic E-state index is 0.357. The summed E-state index contributed by atoms with van der Waals surface area (Å²) in [5.74, 6) is 0.763. The molecular weight excluding hydrogens is 264 g/mol. The van der Waals surface area contributed by atoms with Gasteiger partial charge < -0.3 is 9.47 Å². The summed E-state index contributed by atoms with van der Waals surface area (Å²) in [6.45, 7) is 6.44. The van der Waals surface area contributed by atoms with Crippen molar-refractivity contribution < 1.29 is 14.3 Å². The fourth-order valence-corrected chi connectivity index (χ4v) is 2.29. The van der Waals surface area contributed by atoms with E-state index in [4.69, 9.17) is 9.47 Å². The maximum atomic E-state index is 11.3. The molecule has 21 heavy (non-hydrogen) atoms. The van der Waals surface area contributed by atoms with Crippen LogP contribution < -0.4 is 0 Å². The highest BCUT2D eigenvalue weighted by molar-refractivity contribution is 5.61. The fourth-order valence-electron chi connectivity index (χ4n) is 2.29. The highest BCUT2D eigenvalue weighted by Gasteiger charge is 2.07. The Morgan fingerprint density at radius 1 is 0.857 bits per heavy atom. The van der Waals surface area contributed by atoms with Crippen molar-refractivity contribution in [3.05, 3.63) is 11.8 Å². The predicted molar refractivity (Wildman–Crippen MR) is 88.3 cm³/mol. The Kier molecular flexibility index (Phi) is 14.7. The van der Waals surface area contributed by atoms with Gasteiger partial charge in [-0.25, -0.2) is 4.79 Å². The van der Waals surface area contributed by atoms with Crippen molar-refractivity contribution in [2.75, 3.05) is 6.61 Å². The standard InChI is InChI=1S/C18H34O3/c1-4-7-8-9-10-11-12-13-14-16-17(15-5-2)21-18(19)20-6-3/h15H,4-14,16H2,1-3H3/b17-15-. The highest BCUT2D eigenvalue weighted by atomic mass is 16.7. The monoisotopic (exact) mass is 298 g/mol. The second-order valence-electron chi connectivity index (χ2n) is 5.44. The first-order valence-electron chi connectivity index (χ1n) is 8.78. The van der Waals surface area contributed by atoms with Crippen molar-refractivity contribution in [2.24, 2.45) is 0 Å². The highest BCUT2D eigenvalue weighted by Crippen LogP contribution is 2.15. The molecule has 0 bridgehead atoms. The molecule has 0 rings (SSSR count). The zero-order valence-corrected chi connectivity index (χ0v) is 14.3. The molecule has 0 saturated carbocycles. The normalized spacial score (nSPS) is 11.5. The molecule has 0 amide bonds. The van der Waals surface area contributed by atoms with Crippen LogP contribution in [0.5, 0.6) is 0 Å². The van der Waals surface area contributed by atoms with Crippen LogP contribution in [0.3, 0.4) is 0 Å². The van der Waals surface area contributed by atoms with Gasteiger partial charge in [0.2, 0.25) is 0 Å². The lowest BCUT2D eigenvalue weighted by Gasteiger charge is -2.08. The minimum Gasteiger partial charge on any atom is -0.434 e. The molecule has 0 aromatic carbocycles. The first-order valence-corrected chi connectivity index (χ1v) is 8.78. The molecule has 0 spiro atoms. The van der Waals surface area contributed by atoms with E-state index >= 15 is 0 Å². The van der Waals surface area contributed by atoms with Gasteiger partial charge in [-0.05, 0) is 25.8 Å². The van der Waals surface area contributed by atoms with Crippen molar-refractivity contribution in [2.45, 2.75) is 91.4 Å². The van der Waals surface area contributed by atoms with E-state index in [1.54, 1.807) is 6.92 Å². The molecule has 0 fully saturated rings. The Bertz CT molecular complexity index is 272. The molecular formula is C18H34O3. The van der Waals surface area contributed by atoms with Gasteiger partial charge in [0.1, 0.15) is 5.76 Å². The van der Waals surface area contributed by atoms with Gasteiger partial charge in [0.05, 0.1) is 6.61 Å². The summed E-state index contributed by atoms with van der Waals surface area (Å²) in [4.78, 5) is 11.3. The van der Waals surface area contributed by atoms with E-state index in [-0.39, 0.29) is 0 Å². The Hall–Kier alpha value is -0.990. The molecule has 0 atom stereocenters. The summed E-state index contributed by atoms with van der Waals surface area (Å²) < 4.78 is 10.0. The van der Waals surface area contributed by atoms with E-state index in [1.165, 1.54) is 51.4 Å². The number of carbonyl (C=O) groups excluding carboxylic acids is 1. The topological polar surface area (TPSA) is 35.5 Å². The molecule has 0 N–H and O–H groups in total. The smallest absolute Gasteiger partial charge is 0.434 e. The lowest BCUT2D eigenvalue weighted by molar-refractivity contribution is 0.0789. The molecule has 3 heteroatoms. The van der Waals surface area contributed by atoms with Gasteiger partial charge in [-0.3, -0.25) is 0 Å². The molecule has 0 unspecified atom stereocenters. The van der Waals surface area contributed by atoms with Crippen LogP contribution in [-0.2, 0) is 9.47 Å². The van der Waals surface area contributed by atoms with Crippen molar-refractivity contribution in [1.82, 2.24) is 0 Å². The van der Waals surface area contributed by atoms with Crippen LogP contribution in [0.15, 0.2) is 11.8 Å². The molecule has 0 radical (unpaired) electrons. The maximum Gasteiger partial charge on any atom is 0.513 e. The summed E-state index contributed by atoms with van der Waals surface area (Å²) in [6, 6.07) is 0. The molecule has 0 aromatic heterocycles. The molecule has 0 aromatic rings. The quantitative estimate of drug-likeness (QED) is 0.225. The van der Waals surface area contributed by atoms with E-state index in [0.717, 1.165) is 25.0 Å². The van der Waals surface area contributed by atoms with Gasteiger partial charge in [0, 0.05) is 6.42 Å². The first-order chi connectivity index (χ1) is 10.2. The van der Waals surface area contributed by atoms with Crippen LogP contribution in [-0.4, -0.2) is 12.8 Å². The van der Waals surface area contributed by atoms with E-state index in [9.17, 15) is 4.79 Å². The number of rotatable bonds is 13. The Morgan fingerprint density at radius 3 is 1.95 bits per heavy atom. The van der Waals surface area contributed by atoms with E-state index < -0.39 is 6.16 Å². The van der Waals surface area contributed by atoms with Crippen molar-refractivity contribution >= 4 is 6.16 Å². The van der Waals surface area contributed by atoms with Gasteiger partial charge in [-0.15, -0.1) is 0 Å². The molecule has 0 aliphatic rings. The van der Waals surface area contributed by atoms with Gasteiger partial charge in [-0.1, -0.05) is 65.2 Å². The number of carbonyl (C=O) groups is 1. The number of unbranched alkanes of at least 4 members (excludes halogenated alkanes) is 8. The van der Waals surface area contributed by atoms with Gasteiger partial charge in [0.25, 0.3) is 0 Å². The third kappa shape index (κ3) is 13.7. The summed E-state index contributed by atoms with van der Waals surface area (Å²) in [5, 5.41) is 0. The fraction of sp³-hybridized carbons (Fsp3) is 0.833. The van der Waals surface area contributed by atoms with Crippen molar-refractivity contribution in [3.63, 3.8) is 0 Å². The van der Waals surface area contributed by atoms with Gasteiger partial charge in [0.15, 0.2) is 0 Å². The summed E-state index contributed by atoms with van der Waals surface area (Å²) in [5.41, 5.74) is 0. The summed E-state index contributed by atoms with van der Waals surface area (Å²) >= 11 is 0. The number of hydrogen-bond donors (Lipinski definition) is 0. The van der Waals surface area contributed by atoms with E-state index in [1.807, 2.05) is 13.0 Å². The minimum atomic E-state index is -0.576. The number of ether oxygens (including phenoxy) is 2. The molecule has 3 nitrogen and oxygen atoms in total. The van der Waals surface area contributed by atoms with E-state index in [2.05, 4.69) is 6.92 Å². The second-order valence-corrected chi connectivity index (χ2v) is 5.44. The van der Waals surface area contributed by atoms with E-state index in [0.29, 0.717) is 6.61 Å². The Morgan fingerprint density at radius 2 is 1.43 bits per heavy atom. The SMILES string of the molecule is CC/C=C(/CCCCCCCCCCC)OC(=O)OCC. The molecule has 0 aliphatic carbocycles. The zero-order valence-electron chi connectivity index (χ0n) is 14.3.